The lowest BCUT2D eigenvalue weighted by molar-refractivity contribution is 0.625. The molecule has 2 aromatic rings. The van der Waals surface area contributed by atoms with Gasteiger partial charge < -0.3 is 11.1 Å². The maximum atomic E-state index is 13.6. The molecule has 1 atom stereocenters. The van der Waals surface area contributed by atoms with Crippen molar-refractivity contribution in [2.45, 2.75) is 6.04 Å². The number of rotatable bonds is 4. The van der Waals surface area contributed by atoms with Crippen LogP contribution in [-0.2, 0) is 0 Å². The van der Waals surface area contributed by atoms with E-state index in [1.807, 2.05) is 6.07 Å². The van der Waals surface area contributed by atoms with Crippen LogP contribution in [0.3, 0.4) is 0 Å². The normalized spacial score (nSPS) is 12.2. The molecular formula is C14H13BrClFN2. The van der Waals surface area contributed by atoms with Crippen LogP contribution in [0.15, 0.2) is 46.9 Å². The number of anilines is 1. The van der Waals surface area contributed by atoms with Crippen LogP contribution < -0.4 is 11.1 Å². The van der Waals surface area contributed by atoms with Gasteiger partial charge in [-0.25, -0.2) is 4.39 Å². The summed E-state index contributed by atoms with van der Waals surface area (Å²) in [6.45, 7) is 0.342. The molecule has 5 heteroatoms. The first-order chi connectivity index (χ1) is 9.11. The van der Waals surface area contributed by atoms with Crippen LogP contribution in [0.1, 0.15) is 11.6 Å². The predicted octanol–water partition coefficient (Wildman–Crippen LogP) is 4.35. The Morgan fingerprint density at radius 2 is 2.00 bits per heavy atom. The monoisotopic (exact) mass is 342 g/mol. The lowest BCUT2D eigenvalue weighted by atomic mass is 10.1. The quantitative estimate of drug-likeness (QED) is 0.866. The Morgan fingerprint density at radius 3 is 2.63 bits per heavy atom. The molecule has 0 saturated carbocycles. The zero-order valence-electron chi connectivity index (χ0n) is 10.0. The minimum Gasteiger partial charge on any atom is -0.375 e. The first-order valence-corrected chi connectivity index (χ1v) is 6.95. The van der Waals surface area contributed by atoms with Crippen LogP contribution in [0.5, 0.6) is 0 Å². The van der Waals surface area contributed by atoms with Crippen molar-refractivity contribution in [3.05, 3.63) is 63.3 Å². The van der Waals surface area contributed by atoms with Crippen LogP contribution in [0, 0.1) is 5.82 Å². The van der Waals surface area contributed by atoms with Gasteiger partial charge >= 0.3 is 0 Å². The Hall–Kier alpha value is -1.10. The Kier molecular flexibility index (Phi) is 4.80. The summed E-state index contributed by atoms with van der Waals surface area (Å²) in [5.74, 6) is -0.300. The van der Waals surface area contributed by atoms with E-state index in [2.05, 4.69) is 21.2 Å². The Labute approximate surface area is 124 Å². The molecule has 0 aliphatic carbocycles. The summed E-state index contributed by atoms with van der Waals surface area (Å²) in [5, 5.41) is 3.74. The summed E-state index contributed by atoms with van der Waals surface area (Å²) in [4.78, 5) is 0. The summed E-state index contributed by atoms with van der Waals surface area (Å²) in [5.41, 5.74) is 7.14. The van der Waals surface area contributed by atoms with E-state index >= 15 is 0 Å². The highest BCUT2D eigenvalue weighted by atomic mass is 79.9. The Morgan fingerprint density at radius 1 is 1.26 bits per heavy atom. The van der Waals surface area contributed by atoms with E-state index in [0.717, 1.165) is 10.0 Å². The molecule has 0 saturated heterocycles. The molecule has 19 heavy (non-hydrogen) atoms. The summed E-state index contributed by atoms with van der Waals surface area (Å²) in [6.07, 6.45) is 0. The van der Waals surface area contributed by atoms with Gasteiger partial charge in [-0.2, -0.15) is 0 Å². The van der Waals surface area contributed by atoms with Crippen molar-refractivity contribution in [2.75, 3.05) is 11.9 Å². The van der Waals surface area contributed by atoms with Gasteiger partial charge in [0.25, 0.3) is 0 Å². The lowest BCUT2D eigenvalue weighted by Gasteiger charge is -2.20. The van der Waals surface area contributed by atoms with Gasteiger partial charge in [-0.3, -0.25) is 0 Å². The minimum atomic E-state index is -0.300. The van der Waals surface area contributed by atoms with Crippen LogP contribution in [0.25, 0.3) is 0 Å². The first kappa shape index (κ1) is 14.3. The molecule has 0 aliphatic heterocycles. The zero-order chi connectivity index (χ0) is 13.8. The fraction of sp³-hybridized carbons (Fsp3) is 0.143. The fourth-order valence-corrected chi connectivity index (χ4v) is 2.77. The molecule has 2 aromatic carbocycles. The van der Waals surface area contributed by atoms with Crippen molar-refractivity contribution in [2.24, 2.45) is 5.73 Å². The van der Waals surface area contributed by atoms with Gasteiger partial charge in [-0.15, -0.1) is 0 Å². The number of hydrogen-bond donors (Lipinski definition) is 2. The van der Waals surface area contributed by atoms with Gasteiger partial charge in [-0.1, -0.05) is 45.7 Å². The number of halogens is 3. The van der Waals surface area contributed by atoms with E-state index < -0.39 is 0 Å². The summed E-state index contributed by atoms with van der Waals surface area (Å²) in [6, 6.07) is 11.8. The second-order valence-electron chi connectivity index (χ2n) is 4.08. The van der Waals surface area contributed by atoms with Gasteiger partial charge in [0.1, 0.15) is 5.82 Å². The highest BCUT2D eigenvalue weighted by Crippen LogP contribution is 2.29. The maximum Gasteiger partial charge on any atom is 0.146 e. The van der Waals surface area contributed by atoms with Crippen molar-refractivity contribution in [1.29, 1.82) is 0 Å². The number of hydrogen-bond acceptors (Lipinski definition) is 2. The van der Waals surface area contributed by atoms with Gasteiger partial charge in [-0.05, 0) is 29.8 Å². The molecular weight excluding hydrogens is 331 g/mol. The molecule has 3 N–H and O–H groups in total. The molecule has 0 fully saturated rings. The Balaban J connectivity index is 2.28. The number of nitrogens with one attached hydrogen (secondary N) is 1. The number of para-hydroxylation sites is 1. The maximum absolute atomic E-state index is 13.6. The predicted molar refractivity (Wildman–Crippen MR) is 81.0 cm³/mol. The molecule has 0 aliphatic rings. The van der Waals surface area contributed by atoms with Crippen molar-refractivity contribution in [3.8, 4) is 0 Å². The van der Waals surface area contributed by atoms with E-state index in [1.165, 1.54) is 6.07 Å². The highest BCUT2D eigenvalue weighted by Gasteiger charge is 2.14. The van der Waals surface area contributed by atoms with Gasteiger partial charge in [0, 0.05) is 16.0 Å². The highest BCUT2D eigenvalue weighted by molar-refractivity contribution is 9.10. The topological polar surface area (TPSA) is 38.0 Å². The second kappa shape index (κ2) is 6.37. The fourth-order valence-electron chi connectivity index (χ4n) is 1.81. The van der Waals surface area contributed by atoms with Gasteiger partial charge in [0.15, 0.2) is 0 Å². The van der Waals surface area contributed by atoms with Crippen LogP contribution >= 0.6 is 27.5 Å². The van der Waals surface area contributed by atoms with E-state index in [1.54, 1.807) is 30.3 Å². The second-order valence-corrected chi connectivity index (χ2v) is 5.37. The van der Waals surface area contributed by atoms with Gasteiger partial charge in [0.2, 0.25) is 0 Å². The van der Waals surface area contributed by atoms with Crippen molar-refractivity contribution in [3.63, 3.8) is 0 Å². The molecule has 2 nitrogen and oxygen atoms in total. The zero-order valence-corrected chi connectivity index (χ0v) is 12.4. The Bertz CT molecular complexity index is 577. The van der Waals surface area contributed by atoms with Crippen LogP contribution in [-0.4, -0.2) is 6.54 Å². The van der Waals surface area contributed by atoms with Crippen LogP contribution in [0.2, 0.25) is 5.02 Å². The molecule has 0 heterocycles. The van der Waals surface area contributed by atoms with Gasteiger partial charge in [0.05, 0.1) is 11.7 Å². The largest absolute Gasteiger partial charge is 0.375 e. The number of benzene rings is 2. The van der Waals surface area contributed by atoms with Crippen LogP contribution in [0.4, 0.5) is 10.1 Å². The summed E-state index contributed by atoms with van der Waals surface area (Å²) in [7, 11) is 0. The minimum absolute atomic E-state index is 0.191. The van der Waals surface area contributed by atoms with Crippen molar-refractivity contribution < 1.29 is 4.39 Å². The van der Waals surface area contributed by atoms with E-state index in [0.29, 0.717) is 17.3 Å². The summed E-state index contributed by atoms with van der Waals surface area (Å²) >= 11 is 9.36. The summed E-state index contributed by atoms with van der Waals surface area (Å²) < 4.78 is 14.5. The first-order valence-electron chi connectivity index (χ1n) is 5.78. The standard InChI is InChI=1S/C14H13BrClFN2/c15-11-7-9(16)5-6-10(11)14(8-18)19-13-4-2-1-3-12(13)17/h1-7,14,19H,8,18H2. The molecule has 0 amide bonds. The molecule has 1 unspecified atom stereocenters. The average Bonchev–Trinajstić information content (AvgIpc) is 2.39. The molecule has 100 valence electrons. The van der Waals surface area contributed by atoms with E-state index in [9.17, 15) is 4.39 Å². The third-order valence-corrected chi connectivity index (χ3v) is 3.70. The molecule has 0 aromatic heterocycles. The molecule has 2 rings (SSSR count). The molecule has 0 spiro atoms. The number of nitrogens with two attached hydrogens (primary N) is 1. The smallest absolute Gasteiger partial charge is 0.146 e. The third kappa shape index (κ3) is 3.47. The lowest BCUT2D eigenvalue weighted by Crippen LogP contribution is -2.21. The van der Waals surface area contributed by atoms with Crippen molar-refractivity contribution >= 4 is 33.2 Å². The van der Waals surface area contributed by atoms with E-state index in [4.69, 9.17) is 17.3 Å². The third-order valence-electron chi connectivity index (χ3n) is 2.78. The molecule has 0 bridgehead atoms. The van der Waals surface area contributed by atoms with E-state index in [-0.39, 0.29) is 11.9 Å². The van der Waals surface area contributed by atoms with Crippen molar-refractivity contribution in [1.82, 2.24) is 0 Å². The molecule has 0 radical (unpaired) electrons. The SMILES string of the molecule is NCC(Nc1ccccc1F)c1ccc(Cl)cc1Br. The average molecular weight is 344 g/mol.